The lowest BCUT2D eigenvalue weighted by molar-refractivity contribution is 0.193. The van der Waals surface area contributed by atoms with Gasteiger partial charge < -0.3 is 18.1 Å². The van der Waals surface area contributed by atoms with Crippen molar-refractivity contribution in [3.05, 3.63) is 11.4 Å². The maximum Gasteiger partial charge on any atom is 0.531 e. The molecule has 148 valence electrons. The highest BCUT2D eigenvalue weighted by Crippen LogP contribution is 2.17. The van der Waals surface area contributed by atoms with E-state index in [-0.39, 0.29) is 0 Å². The maximum absolute atomic E-state index is 5.64. The van der Waals surface area contributed by atoms with Gasteiger partial charge in [0.25, 0.3) is 0 Å². The highest BCUT2D eigenvalue weighted by Gasteiger charge is 2.40. The summed E-state index contributed by atoms with van der Waals surface area (Å²) in [5.74, 6) is 0. The van der Waals surface area contributed by atoms with Gasteiger partial charge in [0.1, 0.15) is 0 Å². The van der Waals surface area contributed by atoms with Crippen LogP contribution in [0.4, 0.5) is 0 Å². The van der Waals surface area contributed by atoms with Crippen LogP contribution in [-0.2, 0) is 18.1 Å². The molecule has 10 heteroatoms. The molecule has 0 aliphatic carbocycles. The third-order valence-corrected chi connectivity index (χ3v) is 6.02. The Bertz CT molecular complexity index is 507. The molecular formula is C16H32N4O4Si2. The fourth-order valence-electron chi connectivity index (χ4n) is 1.19. The van der Waals surface area contributed by atoms with E-state index >= 15 is 0 Å². The van der Waals surface area contributed by atoms with Crippen molar-refractivity contribution in [3.8, 4) is 0 Å². The molecule has 0 amide bonds. The van der Waals surface area contributed by atoms with Crippen LogP contribution in [0.15, 0.2) is 32.0 Å². The summed E-state index contributed by atoms with van der Waals surface area (Å²) < 4.78 is 22.6. The zero-order chi connectivity index (χ0) is 20.4. The summed E-state index contributed by atoms with van der Waals surface area (Å²) in [4.78, 5) is 0. The standard InChI is InChI=1S/C16H32N4O4Si2/c1-13(2)17-21-25(9,22-18-14(3)4)11-12-26(10,23-19-15(5)6)24-20-16(7)8/h11-12H,1-10H3/b12-11+. The molecule has 0 aromatic carbocycles. The molecular weight excluding hydrogens is 368 g/mol. The number of hydrogen-bond donors (Lipinski definition) is 0. The van der Waals surface area contributed by atoms with Crippen LogP contribution in [0.2, 0.25) is 13.1 Å². The average molecular weight is 401 g/mol. The van der Waals surface area contributed by atoms with Crippen molar-refractivity contribution < 1.29 is 18.1 Å². The molecule has 0 saturated carbocycles. The van der Waals surface area contributed by atoms with Gasteiger partial charge >= 0.3 is 17.1 Å². The van der Waals surface area contributed by atoms with E-state index in [0.717, 1.165) is 22.8 Å². The minimum atomic E-state index is -2.87. The van der Waals surface area contributed by atoms with Crippen LogP contribution in [0, 0.1) is 0 Å². The van der Waals surface area contributed by atoms with Gasteiger partial charge in [0, 0.05) is 35.9 Å². The molecule has 0 heterocycles. The first-order valence-corrected chi connectivity index (χ1v) is 13.1. The zero-order valence-corrected chi connectivity index (χ0v) is 19.6. The van der Waals surface area contributed by atoms with E-state index in [4.69, 9.17) is 18.1 Å². The largest absolute Gasteiger partial charge is 0.531 e. The van der Waals surface area contributed by atoms with E-state index in [0.29, 0.717) is 0 Å². The molecule has 0 unspecified atom stereocenters. The molecule has 0 spiro atoms. The Balaban J connectivity index is 5.66. The molecule has 0 saturated heterocycles. The summed E-state index contributed by atoms with van der Waals surface area (Å²) in [6.45, 7) is 18.4. The van der Waals surface area contributed by atoms with Gasteiger partial charge in [0.2, 0.25) is 0 Å². The number of rotatable bonds is 10. The first-order chi connectivity index (χ1) is 11.9. The fraction of sp³-hybridized carbons (Fsp3) is 0.625. The van der Waals surface area contributed by atoms with Crippen LogP contribution in [0.25, 0.3) is 0 Å². The lowest BCUT2D eigenvalue weighted by atomic mass is 10.5. The lowest BCUT2D eigenvalue weighted by Gasteiger charge is -2.21. The smallest absolute Gasteiger partial charge is 0.404 e. The molecule has 0 radical (unpaired) electrons. The second-order valence-electron chi connectivity index (χ2n) is 6.88. The summed E-state index contributed by atoms with van der Waals surface area (Å²) >= 11 is 0. The lowest BCUT2D eigenvalue weighted by Crippen LogP contribution is -2.38. The molecule has 0 bridgehead atoms. The third-order valence-electron chi connectivity index (χ3n) is 2.33. The molecule has 26 heavy (non-hydrogen) atoms. The number of nitrogens with zero attached hydrogens (tertiary/aromatic N) is 4. The quantitative estimate of drug-likeness (QED) is 0.309. The summed E-state index contributed by atoms with van der Waals surface area (Å²) in [5.41, 5.74) is 6.70. The normalized spacial score (nSPS) is 11.3. The summed E-state index contributed by atoms with van der Waals surface area (Å²) in [6.07, 6.45) is 0. The second kappa shape index (κ2) is 10.9. The van der Waals surface area contributed by atoms with E-state index < -0.39 is 17.1 Å². The Kier molecular flexibility index (Phi) is 10.1. The van der Waals surface area contributed by atoms with Gasteiger partial charge in [-0.2, -0.15) is 0 Å². The van der Waals surface area contributed by atoms with Gasteiger partial charge in [-0.15, -0.1) is 20.6 Å². The van der Waals surface area contributed by atoms with Crippen molar-refractivity contribution in [3.63, 3.8) is 0 Å². The molecule has 0 aliphatic rings. The van der Waals surface area contributed by atoms with Gasteiger partial charge in [-0.25, -0.2) is 0 Å². The highest BCUT2D eigenvalue weighted by atomic mass is 28.4. The molecule has 0 aromatic heterocycles. The van der Waals surface area contributed by atoms with Crippen molar-refractivity contribution >= 4 is 40.0 Å². The average Bonchev–Trinajstić information content (AvgIpc) is 2.53. The van der Waals surface area contributed by atoms with Crippen LogP contribution in [0.3, 0.4) is 0 Å². The van der Waals surface area contributed by atoms with Crippen LogP contribution in [0.1, 0.15) is 55.4 Å². The van der Waals surface area contributed by atoms with Crippen molar-refractivity contribution in [2.75, 3.05) is 0 Å². The van der Waals surface area contributed by atoms with Gasteiger partial charge in [-0.05, 0) is 66.8 Å². The summed E-state index contributed by atoms with van der Waals surface area (Å²) in [5, 5.41) is 16.1. The van der Waals surface area contributed by atoms with Crippen LogP contribution >= 0.6 is 0 Å². The molecule has 0 rings (SSSR count). The van der Waals surface area contributed by atoms with Crippen LogP contribution in [0.5, 0.6) is 0 Å². The zero-order valence-electron chi connectivity index (χ0n) is 17.6. The van der Waals surface area contributed by atoms with Crippen molar-refractivity contribution in [1.82, 2.24) is 0 Å². The topological polar surface area (TPSA) is 86.4 Å². The minimum Gasteiger partial charge on any atom is -0.404 e. The molecule has 0 aliphatic heterocycles. The highest BCUT2D eigenvalue weighted by molar-refractivity contribution is 6.77. The maximum atomic E-state index is 5.64. The molecule has 0 aromatic rings. The first-order valence-electron chi connectivity index (χ1n) is 8.35. The second-order valence-corrected chi connectivity index (χ2v) is 12.3. The monoisotopic (exact) mass is 400 g/mol. The molecule has 8 nitrogen and oxygen atoms in total. The van der Waals surface area contributed by atoms with Crippen LogP contribution < -0.4 is 0 Å². The Hall–Kier alpha value is -1.95. The number of oxime groups is 4. The summed E-state index contributed by atoms with van der Waals surface area (Å²) in [7, 11) is -5.75. The van der Waals surface area contributed by atoms with Crippen molar-refractivity contribution in [1.29, 1.82) is 0 Å². The first kappa shape index (κ1) is 24.1. The number of hydrogen-bond acceptors (Lipinski definition) is 8. The van der Waals surface area contributed by atoms with E-state index in [9.17, 15) is 0 Å². The Morgan fingerprint density at radius 1 is 0.500 bits per heavy atom. The minimum absolute atomic E-state index is 0.780. The summed E-state index contributed by atoms with van der Waals surface area (Å²) in [6, 6.07) is 0. The van der Waals surface area contributed by atoms with E-state index in [1.165, 1.54) is 0 Å². The fourth-order valence-corrected chi connectivity index (χ4v) is 5.37. The van der Waals surface area contributed by atoms with Gasteiger partial charge in [0.15, 0.2) is 0 Å². The third kappa shape index (κ3) is 11.6. The Morgan fingerprint density at radius 3 is 0.846 bits per heavy atom. The van der Waals surface area contributed by atoms with E-state index in [1.807, 2.05) is 68.5 Å². The van der Waals surface area contributed by atoms with Crippen molar-refractivity contribution in [2.24, 2.45) is 20.6 Å². The predicted octanol–water partition coefficient (Wildman–Crippen LogP) is 4.41. The van der Waals surface area contributed by atoms with E-state index in [2.05, 4.69) is 20.6 Å². The van der Waals surface area contributed by atoms with Gasteiger partial charge in [0.05, 0.1) is 0 Å². The van der Waals surface area contributed by atoms with Gasteiger partial charge in [-0.3, -0.25) is 0 Å². The van der Waals surface area contributed by atoms with E-state index in [1.54, 1.807) is 11.4 Å². The van der Waals surface area contributed by atoms with Gasteiger partial charge in [-0.1, -0.05) is 0 Å². The van der Waals surface area contributed by atoms with Crippen molar-refractivity contribution in [2.45, 2.75) is 68.5 Å². The Labute approximate surface area is 159 Å². The van der Waals surface area contributed by atoms with Crippen LogP contribution in [-0.4, -0.2) is 40.0 Å². The predicted molar refractivity (Wildman–Crippen MR) is 112 cm³/mol. The Morgan fingerprint density at radius 2 is 0.692 bits per heavy atom. The molecule has 0 fully saturated rings. The molecule has 0 atom stereocenters. The molecule has 0 N–H and O–H groups in total. The SMILES string of the molecule is CC(C)=NO[Si](C)(/C=C/[Si](C)(ON=C(C)C)ON=C(C)C)ON=C(C)C.